The predicted molar refractivity (Wildman–Crippen MR) is 104 cm³/mol. The Labute approximate surface area is 153 Å². The number of carbonyl (C=O) groups excluding carboxylic acids is 1. The number of ether oxygens (including phenoxy) is 1. The van der Waals surface area contributed by atoms with Gasteiger partial charge in [-0.1, -0.05) is 78.9 Å². The molecule has 4 rings (SSSR count). The summed E-state index contributed by atoms with van der Waals surface area (Å²) in [4.78, 5) is 12.8. The first-order chi connectivity index (χ1) is 12.6. The fourth-order valence-electron chi connectivity index (χ4n) is 3.43. The van der Waals surface area contributed by atoms with Crippen LogP contribution in [0.25, 0.3) is 5.57 Å². The van der Waals surface area contributed by atoms with E-state index in [4.69, 9.17) is 4.74 Å². The summed E-state index contributed by atoms with van der Waals surface area (Å²) in [6.07, 6.45) is 2.38. The van der Waals surface area contributed by atoms with Crippen LogP contribution in [-0.2, 0) is 0 Å². The Morgan fingerprint density at radius 2 is 1.46 bits per heavy atom. The van der Waals surface area contributed by atoms with Crippen LogP contribution in [0.15, 0.2) is 91.0 Å². The van der Waals surface area contributed by atoms with Crippen LogP contribution in [0.1, 0.15) is 34.8 Å². The lowest BCUT2D eigenvalue weighted by atomic mass is 9.86. The SMILES string of the molecule is C[C@]1(CC(=O)c2ccccc2)C=C(c2ccccc2)c2ccccc2O1. The topological polar surface area (TPSA) is 26.3 Å². The molecule has 0 saturated heterocycles. The van der Waals surface area contributed by atoms with Crippen molar-refractivity contribution in [2.75, 3.05) is 0 Å². The summed E-state index contributed by atoms with van der Waals surface area (Å²) in [5.41, 5.74) is 3.32. The van der Waals surface area contributed by atoms with E-state index in [0.717, 1.165) is 22.4 Å². The first-order valence-electron chi connectivity index (χ1n) is 8.80. The molecule has 0 saturated carbocycles. The second-order valence-corrected chi connectivity index (χ2v) is 6.80. The van der Waals surface area contributed by atoms with Gasteiger partial charge in [-0.2, -0.15) is 0 Å². The molecule has 1 heterocycles. The molecule has 3 aromatic carbocycles. The molecule has 0 fully saturated rings. The summed E-state index contributed by atoms with van der Waals surface area (Å²) in [6.45, 7) is 1.98. The smallest absolute Gasteiger partial charge is 0.167 e. The number of para-hydroxylation sites is 1. The van der Waals surface area contributed by atoms with Gasteiger partial charge in [0.2, 0.25) is 0 Å². The lowest BCUT2D eigenvalue weighted by Crippen LogP contribution is -2.35. The summed E-state index contributed by atoms with van der Waals surface area (Å²) < 4.78 is 6.27. The molecule has 0 aromatic heterocycles. The predicted octanol–water partition coefficient (Wildman–Crippen LogP) is 5.54. The molecular weight excluding hydrogens is 320 g/mol. The van der Waals surface area contributed by atoms with E-state index in [-0.39, 0.29) is 5.78 Å². The summed E-state index contributed by atoms with van der Waals surface area (Å²) >= 11 is 0. The molecule has 0 unspecified atom stereocenters. The number of rotatable bonds is 4. The van der Waals surface area contributed by atoms with E-state index < -0.39 is 5.60 Å². The second-order valence-electron chi connectivity index (χ2n) is 6.80. The van der Waals surface area contributed by atoms with Gasteiger partial charge < -0.3 is 4.74 Å². The maximum atomic E-state index is 12.8. The van der Waals surface area contributed by atoms with Crippen molar-refractivity contribution in [1.29, 1.82) is 0 Å². The van der Waals surface area contributed by atoms with E-state index in [1.54, 1.807) is 0 Å². The van der Waals surface area contributed by atoms with Crippen molar-refractivity contribution in [2.24, 2.45) is 0 Å². The van der Waals surface area contributed by atoms with Crippen LogP contribution in [0.4, 0.5) is 0 Å². The van der Waals surface area contributed by atoms with Gasteiger partial charge in [0, 0.05) is 11.1 Å². The average molecular weight is 340 g/mol. The van der Waals surface area contributed by atoms with Gasteiger partial charge >= 0.3 is 0 Å². The molecule has 0 amide bonds. The molecule has 3 aromatic rings. The highest BCUT2D eigenvalue weighted by Gasteiger charge is 2.33. The van der Waals surface area contributed by atoms with Crippen LogP contribution in [0.2, 0.25) is 0 Å². The molecular formula is C24H20O2. The van der Waals surface area contributed by atoms with Gasteiger partial charge in [-0.3, -0.25) is 4.79 Å². The molecule has 0 aliphatic carbocycles. The Balaban J connectivity index is 1.74. The zero-order valence-electron chi connectivity index (χ0n) is 14.7. The monoisotopic (exact) mass is 340 g/mol. The Morgan fingerprint density at radius 1 is 0.846 bits per heavy atom. The fraction of sp³-hybridized carbons (Fsp3) is 0.125. The number of fused-ring (bicyclic) bond motifs is 1. The van der Waals surface area contributed by atoms with Gasteiger partial charge in [0.05, 0.1) is 6.42 Å². The Hall–Kier alpha value is -3.13. The lowest BCUT2D eigenvalue weighted by Gasteiger charge is -2.34. The van der Waals surface area contributed by atoms with E-state index in [0.29, 0.717) is 12.0 Å². The van der Waals surface area contributed by atoms with Crippen molar-refractivity contribution < 1.29 is 9.53 Å². The highest BCUT2D eigenvalue weighted by molar-refractivity contribution is 5.97. The minimum atomic E-state index is -0.688. The minimum absolute atomic E-state index is 0.0798. The van der Waals surface area contributed by atoms with Crippen LogP contribution in [-0.4, -0.2) is 11.4 Å². The molecule has 0 radical (unpaired) electrons. The standard InChI is InChI=1S/C24H20O2/c1-24(17-22(25)19-12-6-3-7-13-19)16-21(18-10-4-2-5-11-18)20-14-8-9-15-23(20)26-24/h2-16H,17H2,1H3/t24-/m1/s1. The van der Waals surface area contributed by atoms with Gasteiger partial charge in [-0.05, 0) is 30.2 Å². The molecule has 0 N–H and O–H groups in total. The van der Waals surface area contributed by atoms with E-state index in [9.17, 15) is 4.79 Å². The summed E-state index contributed by atoms with van der Waals surface area (Å²) in [5.74, 6) is 0.897. The molecule has 2 heteroatoms. The van der Waals surface area contributed by atoms with Crippen molar-refractivity contribution in [3.8, 4) is 5.75 Å². The third kappa shape index (κ3) is 3.18. The largest absolute Gasteiger partial charge is 0.482 e. The Bertz CT molecular complexity index is 958. The van der Waals surface area contributed by atoms with Crippen molar-refractivity contribution in [3.05, 3.63) is 108 Å². The second kappa shape index (κ2) is 6.64. The molecule has 0 spiro atoms. The average Bonchev–Trinajstić information content (AvgIpc) is 2.68. The third-order valence-electron chi connectivity index (χ3n) is 4.66. The van der Waals surface area contributed by atoms with Crippen molar-refractivity contribution in [2.45, 2.75) is 18.9 Å². The third-order valence-corrected chi connectivity index (χ3v) is 4.66. The van der Waals surface area contributed by atoms with E-state index >= 15 is 0 Å². The van der Waals surface area contributed by atoms with Gasteiger partial charge in [-0.25, -0.2) is 0 Å². The number of hydrogen-bond donors (Lipinski definition) is 0. The Kier molecular flexibility index (Phi) is 4.18. The minimum Gasteiger partial charge on any atom is -0.482 e. The van der Waals surface area contributed by atoms with Gasteiger partial charge in [0.1, 0.15) is 11.4 Å². The van der Waals surface area contributed by atoms with Crippen molar-refractivity contribution in [3.63, 3.8) is 0 Å². The zero-order chi connectivity index (χ0) is 18.0. The van der Waals surface area contributed by atoms with Crippen LogP contribution < -0.4 is 4.74 Å². The maximum absolute atomic E-state index is 12.8. The van der Waals surface area contributed by atoms with Crippen LogP contribution in [0, 0.1) is 0 Å². The van der Waals surface area contributed by atoms with Crippen molar-refractivity contribution in [1.82, 2.24) is 0 Å². The van der Waals surface area contributed by atoms with Crippen molar-refractivity contribution >= 4 is 11.4 Å². The first-order valence-corrected chi connectivity index (χ1v) is 8.80. The summed E-state index contributed by atoms with van der Waals surface area (Å²) in [5, 5.41) is 0. The highest BCUT2D eigenvalue weighted by atomic mass is 16.5. The lowest BCUT2D eigenvalue weighted by molar-refractivity contribution is 0.0809. The molecule has 1 atom stereocenters. The van der Waals surface area contributed by atoms with Gasteiger partial charge in [0.15, 0.2) is 5.78 Å². The quantitative estimate of drug-likeness (QED) is 0.583. The van der Waals surface area contributed by atoms with E-state index in [2.05, 4.69) is 24.3 Å². The summed E-state index contributed by atoms with van der Waals surface area (Å²) in [7, 11) is 0. The van der Waals surface area contributed by atoms with E-state index in [1.807, 2.05) is 73.7 Å². The number of ketones is 1. The molecule has 26 heavy (non-hydrogen) atoms. The first kappa shape index (κ1) is 16.3. The van der Waals surface area contributed by atoms with Gasteiger partial charge in [-0.15, -0.1) is 0 Å². The number of benzene rings is 3. The fourth-order valence-corrected chi connectivity index (χ4v) is 3.43. The number of Topliss-reactive ketones (excluding diaryl/α,β-unsaturated/α-hetero) is 1. The molecule has 1 aliphatic rings. The zero-order valence-corrected chi connectivity index (χ0v) is 14.7. The number of carbonyl (C=O) groups is 1. The molecule has 0 bridgehead atoms. The molecule has 1 aliphatic heterocycles. The van der Waals surface area contributed by atoms with Crippen LogP contribution in [0.5, 0.6) is 5.75 Å². The normalized spacial score (nSPS) is 18.4. The summed E-state index contributed by atoms with van der Waals surface area (Å²) in [6, 6.07) is 27.6. The molecule has 128 valence electrons. The van der Waals surface area contributed by atoms with Crippen LogP contribution >= 0.6 is 0 Å². The number of hydrogen-bond acceptors (Lipinski definition) is 2. The van der Waals surface area contributed by atoms with Gasteiger partial charge in [0.25, 0.3) is 0 Å². The van der Waals surface area contributed by atoms with Crippen LogP contribution in [0.3, 0.4) is 0 Å². The highest BCUT2D eigenvalue weighted by Crippen LogP contribution is 2.40. The van der Waals surface area contributed by atoms with E-state index in [1.165, 1.54) is 0 Å². The molecule has 2 nitrogen and oxygen atoms in total. The Morgan fingerprint density at radius 3 is 2.19 bits per heavy atom. The maximum Gasteiger partial charge on any atom is 0.167 e.